The molecule has 32 heavy (non-hydrogen) atoms. The van der Waals surface area contributed by atoms with Gasteiger partial charge in [-0.1, -0.05) is 48.5 Å². The van der Waals surface area contributed by atoms with E-state index in [9.17, 15) is 4.79 Å². The molecule has 1 amide bonds. The molecule has 0 spiro atoms. The number of likely N-dealkylation sites (tertiary alicyclic amines) is 1. The fourth-order valence-corrected chi connectivity index (χ4v) is 4.82. The van der Waals surface area contributed by atoms with Gasteiger partial charge in [0.2, 0.25) is 5.91 Å². The molecule has 1 atom stereocenters. The molecular formula is C26H29N5O. The number of carbonyl (C=O) groups is 1. The number of rotatable bonds is 5. The molecule has 5 rings (SSSR count). The van der Waals surface area contributed by atoms with Gasteiger partial charge in [-0.25, -0.2) is 0 Å². The van der Waals surface area contributed by atoms with E-state index in [4.69, 9.17) is 0 Å². The molecule has 0 bridgehead atoms. The monoisotopic (exact) mass is 427 g/mol. The van der Waals surface area contributed by atoms with E-state index in [0.29, 0.717) is 19.1 Å². The summed E-state index contributed by atoms with van der Waals surface area (Å²) in [4.78, 5) is 15.5. The Morgan fingerprint density at radius 2 is 1.88 bits per heavy atom. The Morgan fingerprint density at radius 3 is 2.69 bits per heavy atom. The first-order valence-corrected chi connectivity index (χ1v) is 11.4. The smallest absolute Gasteiger partial charge is 0.242 e. The highest BCUT2D eigenvalue weighted by atomic mass is 16.2. The van der Waals surface area contributed by atoms with Crippen molar-refractivity contribution < 1.29 is 4.79 Å². The van der Waals surface area contributed by atoms with E-state index in [1.165, 1.54) is 0 Å². The number of para-hydroxylation sites is 1. The Hall–Kier alpha value is -3.41. The van der Waals surface area contributed by atoms with Crippen LogP contribution >= 0.6 is 0 Å². The predicted octanol–water partition coefficient (Wildman–Crippen LogP) is 4.89. The van der Waals surface area contributed by atoms with Crippen LogP contribution in [-0.2, 0) is 11.3 Å². The lowest BCUT2D eigenvalue weighted by atomic mass is 9.96. The third kappa shape index (κ3) is 3.81. The topological polar surface area (TPSA) is 56.0 Å². The van der Waals surface area contributed by atoms with Crippen LogP contribution in [0.4, 0.5) is 0 Å². The van der Waals surface area contributed by atoms with Gasteiger partial charge in [0.15, 0.2) is 0 Å². The lowest BCUT2D eigenvalue weighted by Gasteiger charge is -2.33. The summed E-state index contributed by atoms with van der Waals surface area (Å²) in [5.74, 6) is 1.38. The summed E-state index contributed by atoms with van der Waals surface area (Å²) in [5.41, 5.74) is 3.29. The van der Waals surface area contributed by atoms with Crippen molar-refractivity contribution in [2.75, 3.05) is 13.1 Å². The number of carbonyl (C=O) groups excluding carboxylic acids is 1. The summed E-state index contributed by atoms with van der Waals surface area (Å²) in [6.45, 7) is 6.11. The molecule has 1 aliphatic rings. The van der Waals surface area contributed by atoms with Gasteiger partial charge in [-0.05, 0) is 44.4 Å². The maximum atomic E-state index is 13.5. The first-order valence-electron chi connectivity index (χ1n) is 11.4. The average Bonchev–Trinajstić information content (AvgIpc) is 3.46. The number of fused-ring (bicyclic) bond motifs is 1. The van der Waals surface area contributed by atoms with Crippen LogP contribution in [0.1, 0.15) is 44.5 Å². The average molecular weight is 428 g/mol. The van der Waals surface area contributed by atoms with Crippen LogP contribution in [0.2, 0.25) is 0 Å². The molecule has 4 aromatic rings. The van der Waals surface area contributed by atoms with E-state index >= 15 is 0 Å². The molecule has 1 aliphatic heterocycles. The summed E-state index contributed by atoms with van der Waals surface area (Å²) in [5, 5.41) is 9.68. The lowest BCUT2D eigenvalue weighted by Crippen LogP contribution is -2.41. The van der Waals surface area contributed by atoms with Crippen LogP contribution in [0, 0.1) is 0 Å². The highest BCUT2D eigenvalue weighted by Crippen LogP contribution is 2.30. The Bertz CT molecular complexity index is 1220. The molecule has 0 saturated carbocycles. The van der Waals surface area contributed by atoms with Crippen molar-refractivity contribution in [2.45, 2.75) is 45.2 Å². The molecule has 2 aromatic heterocycles. The Morgan fingerprint density at radius 1 is 1.09 bits per heavy atom. The van der Waals surface area contributed by atoms with Crippen LogP contribution in [0.25, 0.3) is 22.2 Å². The summed E-state index contributed by atoms with van der Waals surface area (Å²) in [6, 6.07) is 21.1. The summed E-state index contributed by atoms with van der Waals surface area (Å²) in [6.07, 6.45) is 3.83. The number of benzene rings is 2. The standard InChI is InChI=1S/C26H29N5O/c1-19(2)31-18-27-28-26(31)22-12-8-14-29(16-22)25(32)17-30-23-13-7-6-11-21(23)15-24(30)20-9-4-3-5-10-20/h3-7,9-11,13,15,18-19,22H,8,12,14,16-17H2,1-2H3. The molecule has 1 unspecified atom stereocenters. The van der Waals surface area contributed by atoms with Gasteiger partial charge in [0.25, 0.3) is 0 Å². The van der Waals surface area contributed by atoms with E-state index in [1.54, 1.807) is 6.33 Å². The molecule has 6 heteroatoms. The molecule has 1 saturated heterocycles. The highest BCUT2D eigenvalue weighted by Gasteiger charge is 2.29. The number of hydrogen-bond acceptors (Lipinski definition) is 3. The van der Waals surface area contributed by atoms with Gasteiger partial charge in [-0.3, -0.25) is 4.79 Å². The summed E-state index contributed by atoms with van der Waals surface area (Å²) in [7, 11) is 0. The molecular weight excluding hydrogens is 398 g/mol. The van der Waals surface area contributed by atoms with Gasteiger partial charge in [-0.2, -0.15) is 0 Å². The molecule has 1 fully saturated rings. The summed E-state index contributed by atoms with van der Waals surface area (Å²) >= 11 is 0. The van der Waals surface area contributed by atoms with E-state index in [0.717, 1.165) is 47.4 Å². The zero-order valence-electron chi connectivity index (χ0n) is 18.7. The third-order valence-electron chi connectivity index (χ3n) is 6.47. The highest BCUT2D eigenvalue weighted by molar-refractivity contribution is 5.89. The van der Waals surface area contributed by atoms with Gasteiger partial charge in [0.1, 0.15) is 18.7 Å². The predicted molar refractivity (Wildman–Crippen MR) is 126 cm³/mol. The molecule has 164 valence electrons. The lowest BCUT2D eigenvalue weighted by molar-refractivity contribution is -0.133. The van der Waals surface area contributed by atoms with Gasteiger partial charge in [-0.15, -0.1) is 10.2 Å². The van der Waals surface area contributed by atoms with E-state index in [2.05, 4.69) is 63.5 Å². The Kier molecular flexibility index (Phi) is 5.52. The van der Waals surface area contributed by atoms with Crippen LogP contribution in [-0.4, -0.2) is 43.2 Å². The molecule has 6 nitrogen and oxygen atoms in total. The van der Waals surface area contributed by atoms with Crippen LogP contribution in [0.5, 0.6) is 0 Å². The van der Waals surface area contributed by atoms with Gasteiger partial charge in [0, 0.05) is 41.6 Å². The molecule has 2 aromatic carbocycles. The largest absolute Gasteiger partial charge is 0.340 e. The minimum atomic E-state index is 0.156. The second kappa shape index (κ2) is 8.61. The van der Waals surface area contributed by atoms with Crippen molar-refractivity contribution >= 4 is 16.8 Å². The van der Waals surface area contributed by atoms with Crippen molar-refractivity contribution in [3.63, 3.8) is 0 Å². The molecule has 0 N–H and O–H groups in total. The van der Waals surface area contributed by atoms with Gasteiger partial charge >= 0.3 is 0 Å². The number of aromatic nitrogens is 4. The van der Waals surface area contributed by atoms with Crippen LogP contribution in [0.3, 0.4) is 0 Å². The van der Waals surface area contributed by atoms with Crippen LogP contribution < -0.4 is 0 Å². The van der Waals surface area contributed by atoms with Crippen molar-refractivity contribution in [3.05, 3.63) is 72.8 Å². The van der Waals surface area contributed by atoms with Crippen LogP contribution in [0.15, 0.2) is 67.0 Å². The first-order chi connectivity index (χ1) is 15.6. The maximum Gasteiger partial charge on any atom is 0.242 e. The fourth-order valence-electron chi connectivity index (χ4n) is 4.82. The molecule has 3 heterocycles. The number of nitrogens with zero attached hydrogens (tertiary/aromatic N) is 5. The second-order valence-corrected chi connectivity index (χ2v) is 8.91. The van der Waals surface area contributed by atoms with E-state index in [1.807, 2.05) is 35.2 Å². The Balaban J connectivity index is 1.42. The van der Waals surface area contributed by atoms with Gasteiger partial charge < -0.3 is 14.0 Å². The number of amides is 1. The van der Waals surface area contributed by atoms with Gasteiger partial charge in [0.05, 0.1) is 0 Å². The molecule has 0 aliphatic carbocycles. The zero-order chi connectivity index (χ0) is 22.1. The zero-order valence-corrected chi connectivity index (χ0v) is 18.7. The minimum Gasteiger partial charge on any atom is -0.340 e. The number of hydrogen-bond donors (Lipinski definition) is 0. The first kappa shape index (κ1) is 20.5. The van der Waals surface area contributed by atoms with Crippen molar-refractivity contribution in [1.29, 1.82) is 0 Å². The normalized spacial score (nSPS) is 16.7. The van der Waals surface area contributed by atoms with Crippen molar-refractivity contribution in [2.24, 2.45) is 0 Å². The maximum absolute atomic E-state index is 13.5. The SMILES string of the molecule is CC(C)n1cnnc1C1CCCN(C(=O)Cn2c(-c3ccccc3)cc3ccccc32)C1. The van der Waals surface area contributed by atoms with E-state index < -0.39 is 0 Å². The summed E-state index contributed by atoms with van der Waals surface area (Å²) < 4.78 is 4.29. The fraction of sp³-hybridized carbons (Fsp3) is 0.346. The van der Waals surface area contributed by atoms with Crippen molar-refractivity contribution in [1.82, 2.24) is 24.2 Å². The molecule has 0 radical (unpaired) electrons. The van der Waals surface area contributed by atoms with Crippen molar-refractivity contribution in [3.8, 4) is 11.3 Å². The third-order valence-corrected chi connectivity index (χ3v) is 6.47. The second-order valence-electron chi connectivity index (χ2n) is 8.91. The quantitative estimate of drug-likeness (QED) is 0.456. The minimum absolute atomic E-state index is 0.156. The Labute approximate surface area is 188 Å². The van der Waals surface area contributed by atoms with E-state index in [-0.39, 0.29) is 11.8 Å². The number of piperidine rings is 1.